The molecule has 35 heavy (non-hydrogen) atoms. The van der Waals surface area contributed by atoms with Crippen molar-refractivity contribution in [3.8, 4) is 11.1 Å². The predicted molar refractivity (Wildman–Crippen MR) is 135 cm³/mol. The maximum atomic E-state index is 15.5. The summed E-state index contributed by atoms with van der Waals surface area (Å²) in [5.74, 6) is 0.542. The van der Waals surface area contributed by atoms with E-state index in [1.165, 1.54) is 11.1 Å². The average molecular weight is 476 g/mol. The third-order valence-corrected chi connectivity index (χ3v) is 6.89. The van der Waals surface area contributed by atoms with Crippen molar-refractivity contribution in [2.75, 3.05) is 25.0 Å². The number of aliphatic hydroxyl groups excluding tert-OH is 1. The van der Waals surface area contributed by atoms with Gasteiger partial charge in [0.25, 0.3) is 0 Å². The van der Waals surface area contributed by atoms with Gasteiger partial charge in [0.15, 0.2) is 0 Å². The molecule has 3 aromatic rings. The van der Waals surface area contributed by atoms with Crippen molar-refractivity contribution in [3.63, 3.8) is 0 Å². The minimum atomic E-state index is -1.09. The molecule has 1 saturated heterocycles. The van der Waals surface area contributed by atoms with Gasteiger partial charge in [-0.2, -0.15) is 5.10 Å². The summed E-state index contributed by atoms with van der Waals surface area (Å²) in [6, 6.07) is 13.0. The average Bonchev–Trinajstić information content (AvgIpc) is 3.42. The smallest absolute Gasteiger partial charge is 0.228 e. The van der Waals surface area contributed by atoms with Crippen molar-refractivity contribution >= 4 is 28.3 Å². The van der Waals surface area contributed by atoms with Crippen LogP contribution in [0.5, 0.6) is 0 Å². The van der Waals surface area contributed by atoms with Crippen molar-refractivity contribution < 1.29 is 14.3 Å². The van der Waals surface area contributed by atoms with E-state index in [1.54, 1.807) is 18.0 Å². The zero-order valence-corrected chi connectivity index (χ0v) is 20.3. The first kappa shape index (κ1) is 23.2. The van der Waals surface area contributed by atoms with E-state index in [1.807, 2.05) is 49.2 Å². The Hall–Kier alpha value is -3.52. The van der Waals surface area contributed by atoms with E-state index in [0.29, 0.717) is 25.2 Å². The number of benzene rings is 2. The number of halogens is 1. The molecule has 1 N–H and O–H groups in total. The fraction of sp³-hybridized carbons (Fsp3) is 0.370. The van der Waals surface area contributed by atoms with Gasteiger partial charge in [-0.15, -0.1) is 0 Å². The number of likely N-dealkylation sites (tertiary alicyclic amines) is 1. The van der Waals surface area contributed by atoms with E-state index < -0.39 is 12.2 Å². The number of carbonyl (C=O) groups is 1. The molecule has 1 fully saturated rings. The summed E-state index contributed by atoms with van der Waals surface area (Å²) in [4.78, 5) is 20.0. The highest BCUT2D eigenvalue weighted by Gasteiger charge is 2.36. The summed E-state index contributed by atoms with van der Waals surface area (Å²) in [6.07, 6.45) is 2.66. The van der Waals surface area contributed by atoms with Crippen molar-refractivity contribution in [1.82, 2.24) is 14.9 Å². The van der Waals surface area contributed by atoms with Crippen LogP contribution in [-0.4, -0.2) is 58.2 Å². The molecule has 2 aliphatic heterocycles. The number of aryl methyl sites for hydroxylation is 1. The monoisotopic (exact) mass is 475 g/mol. The van der Waals surface area contributed by atoms with Crippen molar-refractivity contribution in [2.45, 2.75) is 39.5 Å². The molecule has 0 aliphatic carbocycles. The van der Waals surface area contributed by atoms with Crippen LogP contribution in [-0.2, 0) is 4.79 Å². The zero-order chi connectivity index (χ0) is 24.7. The summed E-state index contributed by atoms with van der Waals surface area (Å²) >= 11 is 0. The highest BCUT2D eigenvalue weighted by molar-refractivity contribution is 5.99. The second-order valence-corrected chi connectivity index (χ2v) is 9.44. The second-order valence-electron chi connectivity index (χ2n) is 9.44. The van der Waals surface area contributed by atoms with Crippen LogP contribution >= 0.6 is 0 Å². The van der Waals surface area contributed by atoms with Crippen LogP contribution < -0.4 is 4.90 Å². The first-order valence-corrected chi connectivity index (χ1v) is 12.1. The SMILES string of the molecule is CCC(=O)N1CCC(CC2=NN(C)C(O)N2c2ccc(-c3ccc4cc(C)cnc4c3)cc2F)C1. The van der Waals surface area contributed by atoms with Gasteiger partial charge in [0.05, 0.1) is 11.2 Å². The Morgan fingerprint density at radius 3 is 2.71 bits per heavy atom. The van der Waals surface area contributed by atoms with Crippen molar-refractivity contribution in [3.05, 3.63) is 60.0 Å². The lowest BCUT2D eigenvalue weighted by atomic mass is 10.0. The number of aromatic nitrogens is 1. The van der Waals surface area contributed by atoms with E-state index >= 15 is 4.39 Å². The number of pyridine rings is 1. The Labute approximate surface area is 204 Å². The first-order chi connectivity index (χ1) is 16.8. The van der Waals surface area contributed by atoms with Crippen molar-refractivity contribution in [2.24, 2.45) is 11.0 Å². The number of hydrazone groups is 1. The van der Waals surface area contributed by atoms with Crippen molar-refractivity contribution in [1.29, 1.82) is 0 Å². The van der Waals surface area contributed by atoms with Crippen LogP contribution in [0.3, 0.4) is 0 Å². The van der Waals surface area contributed by atoms with Crippen LogP contribution in [0.4, 0.5) is 10.1 Å². The molecule has 182 valence electrons. The molecule has 2 unspecified atom stereocenters. The van der Waals surface area contributed by atoms with E-state index in [9.17, 15) is 9.90 Å². The van der Waals surface area contributed by atoms with Crippen LogP contribution in [0.25, 0.3) is 22.0 Å². The number of carbonyl (C=O) groups excluding carboxylic acids is 1. The number of fused-ring (bicyclic) bond motifs is 1. The van der Waals surface area contributed by atoms with Gasteiger partial charge in [0.1, 0.15) is 11.7 Å². The number of amides is 1. The Kier molecular flexibility index (Phi) is 6.15. The maximum absolute atomic E-state index is 15.5. The molecule has 1 amide bonds. The number of amidine groups is 1. The summed E-state index contributed by atoms with van der Waals surface area (Å²) in [6.45, 7) is 5.26. The van der Waals surface area contributed by atoms with Gasteiger partial charge in [0.2, 0.25) is 12.3 Å². The maximum Gasteiger partial charge on any atom is 0.228 e. The number of rotatable bonds is 5. The number of anilines is 1. The molecule has 0 spiro atoms. The molecule has 1 aromatic heterocycles. The lowest BCUT2D eigenvalue weighted by Crippen LogP contribution is -2.42. The Bertz CT molecular complexity index is 1310. The molecule has 7 nitrogen and oxygen atoms in total. The summed E-state index contributed by atoms with van der Waals surface area (Å²) in [5.41, 5.74) is 3.84. The molecular weight excluding hydrogens is 445 g/mol. The molecule has 3 heterocycles. The first-order valence-electron chi connectivity index (χ1n) is 12.1. The quantitative estimate of drug-likeness (QED) is 0.594. The third kappa shape index (κ3) is 4.46. The van der Waals surface area contributed by atoms with E-state index in [4.69, 9.17) is 0 Å². The third-order valence-electron chi connectivity index (χ3n) is 6.89. The van der Waals surface area contributed by atoms with Gasteiger partial charge >= 0.3 is 0 Å². The Morgan fingerprint density at radius 2 is 1.94 bits per heavy atom. The molecule has 2 aliphatic rings. The van der Waals surface area contributed by atoms with Gasteiger partial charge < -0.3 is 10.0 Å². The Morgan fingerprint density at radius 1 is 1.17 bits per heavy atom. The lowest BCUT2D eigenvalue weighted by molar-refractivity contribution is -0.129. The number of aliphatic hydroxyl groups is 1. The number of hydrogen-bond acceptors (Lipinski definition) is 6. The topological polar surface area (TPSA) is 72.3 Å². The van der Waals surface area contributed by atoms with Gasteiger partial charge in [-0.1, -0.05) is 25.1 Å². The standard InChI is InChI=1S/C27H30FN5O2/c1-4-26(34)32-10-9-18(16-32)12-25-30-31(3)27(35)33(25)24-8-7-19(13-22(24)28)20-5-6-21-11-17(2)15-29-23(21)14-20/h5-8,11,13-15,18,27,35H,4,9-10,12,16H2,1-3H3. The second kappa shape index (κ2) is 9.26. The Balaban J connectivity index is 1.39. The highest BCUT2D eigenvalue weighted by Crippen LogP contribution is 2.33. The molecule has 0 bridgehead atoms. The lowest BCUT2D eigenvalue weighted by Gasteiger charge is -2.27. The number of nitrogens with zero attached hydrogens (tertiary/aromatic N) is 5. The molecule has 0 saturated carbocycles. The van der Waals surface area contributed by atoms with Crippen LogP contribution in [0, 0.1) is 18.7 Å². The van der Waals surface area contributed by atoms with E-state index in [-0.39, 0.29) is 17.5 Å². The van der Waals surface area contributed by atoms with Crippen LogP contribution in [0.1, 0.15) is 31.7 Å². The number of hydrogen-bond donors (Lipinski definition) is 1. The fourth-order valence-electron chi connectivity index (χ4n) is 4.99. The van der Waals surface area contributed by atoms with Crippen LogP contribution in [0.15, 0.2) is 53.8 Å². The minimum Gasteiger partial charge on any atom is -0.355 e. The highest BCUT2D eigenvalue weighted by atomic mass is 19.1. The summed E-state index contributed by atoms with van der Waals surface area (Å²) in [7, 11) is 1.67. The fourth-order valence-corrected chi connectivity index (χ4v) is 4.99. The molecule has 2 atom stereocenters. The molecular formula is C27H30FN5O2. The zero-order valence-electron chi connectivity index (χ0n) is 20.3. The summed E-state index contributed by atoms with van der Waals surface area (Å²) in [5, 5.41) is 17.8. The molecule has 0 radical (unpaired) electrons. The van der Waals surface area contributed by atoms with Gasteiger partial charge in [-0.3, -0.25) is 19.7 Å². The van der Waals surface area contributed by atoms with Gasteiger partial charge in [0, 0.05) is 44.6 Å². The molecule has 8 heteroatoms. The predicted octanol–water partition coefficient (Wildman–Crippen LogP) is 4.34. The normalized spacial score (nSPS) is 20.1. The van der Waals surface area contributed by atoms with Gasteiger partial charge in [-0.05, 0) is 60.2 Å². The summed E-state index contributed by atoms with van der Waals surface area (Å²) < 4.78 is 15.5. The van der Waals surface area contributed by atoms with E-state index in [0.717, 1.165) is 40.6 Å². The molecule has 5 rings (SSSR count). The minimum absolute atomic E-state index is 0.149. The van der Waals surface area contributed by atoms with Gasteiger partial charge in [-0.25, -0.2) is 4.39 Å². The largest absolute Gasteiger partial charge is 0.355 e. The van der Waals surface area contributed by atoms with E-state index in [2.05, 4.69) is 16.2 Å². The molecule has 2 aromatic carbocycles. The van der Waals surface area contributed by atoms with Crippen LogP contribution in [0.2, 0.25) is 0 Å².